The van der Waals surface area contributed by atoms with E-state index in [4.69, 9.17) is 10.2 Å². The summed E-state index contributed by atoms with van der Waals surface area (Å²) in [5, 5.41) is 17.2. The number of aromatic carboxylic acids is 1. The van der Waals surface area contributed by atoms with Gasteiger partial charge in [-0.15, -0.1) is 0 Å². The van der Waals surface area contributed by atoms with Gasteiger partial charge in [-0.1, -0.05) is 0 Å². The first-order valence-corrected chi connectivity index (χ1v) is 4.45. The lowest BCUT2D eigenvalue weighted by molar-refractivity contribution is -0.142. The van der Waals surface area contributed by atoms with Gasteiger partial charge in [-0.2, -0.15) is 13.2 Å². The Kier molecular flexibility index (Phi) is 3.56. The second-order valence-corrected chi connectivity index (χ2v) is 3.19. The van der Waals surface area contributed by atoms with Crippen molar-refractivity contribution in [2.75, 3.05) is 6.61 Å². The normalized spacial score (nSPS) is 11.5. The Hall–Kier alpha value is -1.83. The highest BCUT2D eigenvalue weighted by molar-refractivity contribution is 5.87. The quantitative estimate of drug-likeness (QED) is 0.734. The molecule has 0 spiro atoms. The maximum Gasteiger partial charge on any atom is 0.431 e. The van der Waals surface area contributed by atoms with Crippen LogP contribution in [0.5, 0.6) is 0 Å². The Labute approximate surface area is 92.5 Å². The van der Waals surface area contributed by atoms with Crippen LogP contribution >= 0.6 is 0 Å². The summed E-state index contributed by atoms with van der Waals surface area (Å²) in [6, 6.07) is 0.625. The SMILES string of the molecule is O=C(O)c1cc(CCO)c(C(F)(F)F)[nH]c1=O. The molecule has 0 atom stereocenters. The van der Waals surface area contributed by atoms with Crippen LogP contribution in [-0.4, -0.2) is 27.8 Å². The van der Waals surface area contributed by atoms with E-state index in [0.29, 0.717) is 6.07 Å². The first kappa shape index (κ1) is 13.2. The summed E-state index contributed by atoms with van der Waals surface area (Å²) in [5.41, 5.74) is -3.91. The third-order valence-corrected chi connectivity index (χ3v) is 2.02. The van der Waals surface area contributed by atoms with Crippen molar-refractivity contribution in [1.29, 1.82) is 0 Å². The van der Waals surface area contributed by atoms with Gasteiger partial charge in [-0.3, -0.25) is 4.79 Å². The number of hydrogen-bond acceptors (Lipinski definition) is 3. The van der Waals surface area contributed by atoms with Crippen LogP contribution in [0, 0.1) is 0 Å². The number of hydrogen-bond donors (Lipinski definition) is 3. The van der Waals surface area contributed by atoms with Gasteiger partial charge in [-0.25, -0.2) is 4.79 Å². The minimum atomic E-state index is -4.80. The maximum absolute atomic E-state index is 12.5. The summed E-state index contributed by atoms with van der Waals surface area (Å²) < 4.78 is 37.5. The summed E-state index contributed by atoms with van der Waals surface area (Å²) in [5.74, 6) is -1.63. The monoisotopic (exact) mass is 251 g/mol. The molecule has 1 rings (SSSR count). The van der Waals surface area contributed by atoms with Gasteiger partial charge in [0.2, 0.25) is 0 Å². The standard InChI is InChI=1S/C9H8F3NO4/c10-9(11,12)6-4(1-2-14)3-5(8(16)17)7(15)13-6/h3,14H,1-2H2,(H,13,15)(H,16,17). The van der Waals surface area contributed by atoms with Crippen LogP contribution in [0.1, 0.15) is 21.6 Å². The third kappa shape index (κ3) is 2.84. The number of alkyl halides is 3. The number of rotatable bonds is 3. The summed E-state index contributed by atoms with van der Waals surface area (Å²) in [7, 11) is 0. The van der Waals surface area contributed by atoms with Crippen LogP contribution < -0.4 is 5.56 Å². The van der Waals surface area contributed by atoms with Crippen LogP contribution in [0.4, 0.5) is 13.2 Å². The van der Waals surface area contributed by atoms with Gasteiger partial charge in [0.05, 0.1) is 0 Å². The van der Waals surface area contributed by atoms with E-state index in [1.165, 1.54) is 4.98 Å². The molecule has 0 aliphatic rings. The predicted molar refractivity (Wildman–Crippen MR) is 49.8 cm³/mol. The molecule has 0 saturated carbocycles. The smallest absolute Gasteiger partial charge is 0.431 e. The van der Waals surface area contributed by atoms with Crippen molar-refractivity contribution in [3.05, 3.63) is 33.2 Å². The molecule has 0 bridgehead atoms. The van der Waals surface area contributed by atoms with Crippen LogP contribution in [0.25, 0.3) is 0 Å². The lowest BCUT2D eigenvalue weighted by atomic mass is 10.1. The highest BCUT2D eigenvalue weighted by Crippen LogP contribution is 2.29. The molecule has 94 valence electrons. The van der Waals surface area contributed by atoms with Gasteiger partial charge in [0.1, 0.15) is 11.3 Å². The van der Waals surface area contributed by atoms with Gasteiger partial charge >= 0.3 is 12.1 Å². The van der Waals surface area contributed by atoms with E-state index in [0.717, 1.165) is 0 Å². The fourth-order valence-electron chi connectivity index (χ4n) is 1.30. The Balaban J connectivity index is 3.47. The molecule has 0 amide bonds. The van der Waals surface area contributed by atoms with Crippen molar-refractivity contribution < 1.29 is 28.2 Å². The fraction of sp³-hybridized carbons (Fsp3) is 0.333. The zero-order chi connectivity index (χ0) is 13.2. The molecule has 1 aromatic rings. The van der Waals surface area contributed by atoms with Crippen molar-refractivity contribution in [1.82, 2.24) is 4.98 Å². The number of aliphatic hydroxyl groups is 1. The van der Waals surface area contributed by atoms with Crippen LogP contribution in [0.3, 0.4) is 0 Å². The number of carbonyl (C=O) groups is 1. The number of nitrogens with one attached hydrogen (secondary N) is 1. The molecule has 3 N–H and O–H groups in total. The van der Waals surface area contributed by atoms with E-state index in [9.17, 15) is 22.8 Å². The number of pyridine rings is 1. The third-order valence-electron chi connectivity index (χ3n) is 2.02. The van der Waals surface area contributed by atoms with E-state index >= 15 is 0 Å². The van der Waals surface area contributed by atoms with Crippen molar-refractivity contribution in [2.45, 2.75) is 12.6 Å². The summed E-state index contributed by atoms with van der Waals surface area (Å²) >= 11 is 0. The average Bonchev–Trinajstić information content (AvgIpc) is 2.18. The second kappa shape index (κ2) is 4.58. The molecule has 17 heavy (non-hydrogen) atoms. The Morgan fingerprint density at radius 1 is 1.41 bits per heavy atom. The fourth-order valence-corrected chi connectivity index (χ4v) is 1.30. The minimum absolute atomic E-state index is 0.397. The molecule has 0 aromatic carbocycles. The molecule has 0 aliphatic carbocycles. The van der Waals surface area contributed by atoms with Crippen LogP contribution in [0.2, 0.25) is 0 Å². The van der Waals surface area contributed by atoms with Gasteiger partial charge in [0, 0.05) is 6.61 Å². The highest BCUT2D eigenvalue weighted by atomic mass is 19.4. The number of H-pyrrole nitrogens is 1. The van der Waals surface area contributed by atoms with Crippen LogP contribution in [-0.2, 0) is 12.6 Å². The molecule has 0 radical (unpaired) electrons. The van der Waals surface area contributed by atoms with Crippen molar-refractivity contribution in [2.24, 2.45) is 0 Å². The molecule has 8 heteroatoms. The molecule has 1 heterocycles. The second-order valence-electron chi connectivity index (χ2n) is 3.19. The molecular formula is C9H8F3NO4. The molecule has 0 unspecified atom stereocenters. The van der Waals surface area contributed by atoms with E-state index in [1.54, 1.807) is 0 Å². The van der Waals surface area contributed by atoms with E-state index < -0.39 is 47.6 Å². The Bertz CT molecular complexity index is 492. The van der Waals surface area contributed by atoms with Crippen molar-refractivity contribution in [3.8, 4) is 0 Å². The molecule has 0 fully saturated rings. The minimum Gasteiger partial charge on any atom is -0.477 e. The number of carboxylic acids is 1. The number of aromatic nitrogens is 1. The topological polar surface area (TPSA) is 90.4 Å². The molecule has 0 aliphatic heterocycles. The first-order chi connectivity index (χ1) is 7.77. The molecule has 5 nitrogen and oxygen atoms in total. The number of halogens is 3. The highest BCUT2D eigenvalue weighted by Gasteiger charge is 2.35. The zero-order valence-electron chi connectivity index (χ0n) is 8.34. The van der Waals surface area contributed by atoms with Crippen LogP contribution in [0.15, 0.2) is 10.9 Å². The Morgan fingerprint density at radius 2 is 2.00 bits per heavy atom. The first-order valence-electron chi connectivity index (χ1n) is 4.45. The molecule has 1 aromatic heterocycles. The molecule has 0 saturated heterocycles. The number of aromatic amines is 1. The number of carboxylic acid groups (broad SMARTS) is 1. The van der Waals surface area contributed by atoms with Gasteiger partial charge in [-0.05, 0) is 18.1 Å². The number of aliphatic hydroxyl groups excluding tert-OH is 1. The lowest BCUT2D eigenvalue weighted by Gasteiger charge is -2.12. The largest absolute Gasteiger partial charge is 0.477 e. The average molecular weight is 251 g/mol. The lowest BCUT2D eigenvalue weighted by Crippen LogP contribution is -2.25. The predicted octanol–water partition coefficient (Wildman–Crippen LogP) is 0.627. The van der Waals surface area contributed by atoms with Gasteiger partial charge in [0.25, 0.3) is 5.56 Å². The van der Waals surface area contributed by atoms with E-state index in [-0.39, 0.29) is 0 Å². The van der Waals surface area contributed by atoms with E-state index in [2.05, 4.69) is 0 Å². The van der Waals surface area contributed by atoms with Crippen molar-refractivity contribution in [3.63, 3.8) is 0 Å². The molecular weight excluding hydrogens is 243 g/mol. The van der Waals surface area contributed by atoms with Gasteiger partial charge in [0.15, 0.2) is 0 Å². The van der Waals surface area contributed by atoms with Gasteiger partial charge < -0.3 is 15.2 Å². The summed E-state index contributed by atoms with van der Waals surface area (Å²) in [4.78, 5) is 23.1. The zero-order valence-corrected chi connectivity index (χ0v) is 8.34. The summed E-state index contributed by atoms with van der Waals surface area (Å²) in [6.07, 6.45) is -5.20. The Morgan fingerprint density at radius 3 is 2.41 bits per heavy atom. The van der Waals surface area contributed by atoms with E-state index in [1.807, 2.05) is 0 Å². The van der Waals surface area contributed by atoms with Crippen molar-refractivity contribution >= 4 is 5.97 Å². The summed E-state index contributed by atoms with van der Waals surface area (Å²) in [6.45, 7) is -0.589. The maximum atomic E-state index is 12.5.